The van der Waals surface area contributed by atoms with E-state index in [0.717, 1.165) is 44.2 Å². The standard InChI is InChI=1S/C56H92N16O11.C39H65N7O6/c1-31(2)20-36(51(81)72-44(29-73)49(57)79)26-48(78)43(21-32(3)4)71-50(80)35(10-7-17-65-54(58)59)24-46(76)41(11-8-18-66-55(60)61)70-53(83)38(23-39-28-64-30-68-39)27-47(77)42(12-9-19-67-56(62)63)69-52(82)37(25-45(75)33(5)6)22-34-13-15-40(74)16-14-34;1-28(2)37(35(49)22-30(39(52)40-4)21-31-24-41-26-43-31)46-38(51)29(3)20-34(48)33(23-32-25-42-27-44-32)45-36(50)18-16-14-12-10-8-6-5-7-9-11-13-15-17-19-47/h13-16,28,30-33,35-38,41-44,73-74H,7-12,17-27,29H2,1-6H3,(H2,57,79)(H,64,68)(H,69,82)(H,70,83)(H,71,80)(H,72,81)(H4,58,59,65)(H4,60,61,66)(H4,62,63,67);24-30,33,37,47H,5-23H2,1-4H3,(H,40,52)(H,41,43)(H,42,44)(H,45,50)(H,46,51)/t35-,36-,37-,38-,41+,42+,43+,44+;29-,30-,33+,37+/m11/s1. The number of phenolic OH excluding ortho intramolecular Hbond substituents is 1. The molecular formula is C95H157N23O17. The number of ketones is 6. The maximum absolute atomic E-state index is 14.8. The van der Waals surface area contributed by atoms with Crippen LogP contribution in [-0.4, -0.2) is 221 Å². The van der Waals surface area contributed by atoms with Crippen LogP contribution in [0, 0.1) is 59.2 Å². The van der Waals surface area contributed by atoms with Crippen LogP contribution in [0.25, 0.3) is 0 Å². The summed E-state index contributed by atoms with van der Waals surface area (Å²) >= 11 is 0. The zero-order valence-corrected chi connectivity index (χ0v) is 81.0. The Hall–Kier alpha value is -11.8. The second kappa shape index (κ2) is 65.7. The van der Waals surface area contributed by atoms with Crippen LogP contribution in [0.2, 0.25) is 0 Å². The molecule has 0 aliphatic carbocycles. The van der Waals surface area contributed by atoms with E-state index in [1.807, 2.05) is 41.5 Å². The maximum atomic E-state index is 14.8. The number of Topliss-reactive ketones (excluding diaryl/α,β-unsaturated/α-hetero) is 6. The molecule has 0 saturated carbocycles. The molecule has 0 radical (unpaired) electrons. The van der Waals surface area contributed by atoms with Crippen LogP contribution >= 0.6 is 0 Å². The van der Waals surface area contributed by atoms with Gasteiger partial charge in [-0.25, -0.2) is 15.0 Å². The minimum Gasteiger partial charge on any atom is -0.508 e. The third-order valence-corrected chi connectivity index (χ3v) is 23.3. The Balaban J connectivity index is 0.000000772. The summed E-state index contributed by atoms with van der Waals surface area (Å²) in [5, 5.41) is 47.7. The number of nitrogens with two attached hydrogens (primary N) is 7. The molecule has 754 valence electrons. The lowest BCUT2D eigenvalue weighted by Gasteiger charge is -2.27. The molecule has 1 aromatic carbocycles. The monoisotopic (exact) mass is 1890 g/mol. The molecule has 40 heteroatoms. The molecule has 8 amide bonds. The van der Waals surface area contributed by atoms with Crippen LogP contribution in [0.3, 0.4) is 0 Å². The smallest absolute Gasteiger partial charge is 0.242 e. The fourth-order valence-corrected chi connectivity index (χ4v) is 15.6. The van der Waals surface area contributed by atoms with Gasteiger partial charge in [0.2, 0.25) is 47.3 Å². The van der Waals surface area contributed by atoms with Gasteiger partial charge in [-0.3, -0.25) is 82.1 Å². The van der Waals surface area contributed by atoms with Gasteiger partial charge in [0.25, 0.3) is 0 Å². The number of aliphatic hydroxyl groups is 2. The quantitative estimate of drug-likeness (QED) is 0.0165. The van der Waals surface area contributed by atoms with Crippen LogP contribution in [0.4, 0.5) is 0 Å². The number of aromatic amines is 3. The number of aliphatic imine (C=N–C) groups is 3. The van der Waals surface area contributed by atoms with Crippen molar-refractivity contribution in [1.29, 1.82) is 0 Å². The van der Waals surface area contributed by atoms with E-state index in [-0.39, 0.29) is 186 Å². The summed E-state index contributed by atoms with van der Waals surface area (Å²) in [6, 6.07) is -0.489. The highest BCUT2D eigenvalue weighted by Gasteiger charge is 2.38. The lowest BCUT2D eigenvalue weighted by molar-refractivity contribution is -0.136. The Kier molecular flexibility index (Phi) is 57.1. The van der Waals surface area contributed by atoms with Crippen molar-refractivity contribution in [3.8, 4) is 5.75 Å². The summed E-state index contributed by atoms with van der Waals surface area (Å²) in [5.74, 6) is -14.0. The number of hydrogen-bond donors (Lipinski definition) is 20. The number of imidazole rings is 3. The van der Waals surface area contributed by atoms with E-state index in [9.17, 15) is 77.3 Å². The Morgan fingerprint density at radius 2 is 0.763 bits per heavy atom. The summed E-state index contributed by atoms with van der Waals surface area (Å²) < 4.78 is 0. The third kappa shape index (κ3) is 49.8. The molecule has 0 fully saturated rings. The van der Waals surface area contributed by atoms with E-state index in [0.29, 0.717) is 36.4 Å². The SMILES string of the molecule is CC(C)C[C@H](CC(=O)[C@H](CC(C)C)NC(=O)[C@H](CCCN=C(N)N)CC(=O)[C@H](CCCN=C(N)N)NC(=O)[C@@H](CC(=O)[C@H](CCCN=C(N)N)NC(=O)[C@@H](CC(=O)C(C)C)Cc1ccc(O)cc1)Cc1cnc[nH]1)C(=O)N[C@@H](CO)C(N)=O.CNC(=O)[C@@H](CC(=O)[C@@H](NC(=O)[C@H](C)CC(=O)[C@H](Cc1cnc[nH]1)NC(=O)CCCCCCCCCCCCCCCO)C(C)C)Cc1cnc[nH]1. The third-order valence-electron chi connectivity index (χ3n) is 23.3. The van der Waals surface area contributed by atoms with E-state index in [4.69, 9.17) is 45.2 Å². The van der Waals surface area contributed by atoms with Gasteiger partial charge >= 0.3 is 0 Å². The lowest BCUT2D eigenvalue weighted by Crippen LogP contribution is -2.50. The number of carbonyl (C=O) groups excluding carboxylic acids is 14. The van der Waals surface area contributed by atoms with Gasteiger partial charge in [0.15, 0.2) is 46.8 Å². The lowest BCUT2D eigenvalue weighted by atomic mass is 9.87. The van der Waals surface area contributed by atoms with Crippen molar-refractivity contribution in [3.63, 3.8) is 0 Å². The number of phenols is 1. The summed E-state index contributed by atoms with van der Waals surface area (Å²) in [6.45, 7) is 15.8. The van der Waals surface area contributed by atoms with E-state index in [1.54, 1.807) is 45.3 Å². The van der Waals surface area contributed by atoms with Crippen molar-refractivity contribution < 1.29 is 82.4 Å². The van der Waals surface area contributed by atoms with E-state index < -0.39 is 150 Å². The normalized spacial score (nSPS) is 14.0. The number of primary amides is 1. The number of aromatic hydroxyl groups is 1. The average Bonchev–Trinajstić information content (AvgIpc) is 1.83. The number of aromatic nitrogens is 6. The van der Waals surface area contributed by atoms with Gasteiger partial charge in [-0.1, -0.05) is 145 Å². The van der Waals surface area contributed by atoms with Crippen molar-refractivity contribution >= 4 is 99.8 Å². The van der Waals surface area contributed by atoms with Gasteiger partial charge in [0.05, 0.1) is 67.6 Å². The summed E-state index contributed by atoms with van der Waals surface area (Å²) in [4.78, 5) is 224. The largest absolute Gasteiger partial charge is 0.508 e. The highest BCUT2D eigenvalue weighted by Crippen LogP contribution is 2.27. The number of aliphatic hydroxyl groups excluding tert-OH is 2. The maximum Gasteiger partial charge on any atom is 0.242 e. The minimum atomic E-state index is -1.39. The van der Waals surface area contributed by atoms with E-state index in [2.05, 4.69) is 82.1 Å². The van der Waals surface area contributed by atoms with Gasteiger partial charge in [-0.05, 0) is 106 Å². The molecule has 0 bridgehead atoms. The Morgan fingerprint density at radius 3 is 1.19 bits per heavy atom. The van der Waals surface area contributed by atoms with Gasteiger partial charge in [0, 0.05) is 163 Å². The molecular weight excluding hydrogens is 1740 g/mol. The molecule has 3 aromatic heterocycles. The second-order valence-electron chi connectivity index (χ2n) is 36.7. The molecule has 0 aliphatic rings. The topological polar surface area (TPSA) is 689 Å². The van der Waals surface area contributed by atoms with Crippen LogP contribution < -0.4 is 77.4 Å². The van der Waals surface area contributed by atoms with Crippen LogP contribution in [0.15, 0.2) is 76.8 Å². The summed E-state index contributed by atoms with van der Waals surface area (Å²) in [6.07, 6.45) is 24.1. The number of hydrogen-bond acceptors (Lipinski definition) is 23. The zero-order chi connectivity index (χ0) is 100. The molecule has 0 saturated heterocycles. The zero-order valence-electron chi connectivity index (χ0n) is 81.0. The molecule has 0 unspecified atom stereocenters. The van der Waals surface area contributed by atoms with Crippen molar-refractivity contribution in [2.45, 2.75) is 304 Å². The second-order valence-corrected chi connectivity index (χ2v) is 36.7. The van der Waals surface area contributed by atoms with Gasteiger partial charge in [0.1, 0.15) is 17.6 Å². The first-order valence-corrected chi connectivity index (χ1v) is 47.7. The highest BCUT2D eigenvalue weighted by molar-refractivity contribution is 5.99. The molecule has 4 rings (SSSR count). The van der Waals surface area contributed by atoms with Crippen LogP contribution in [0.5, 0.6) is 5.75 Å². The fraction of sp³-hybridized carbons (Fsp3) is 0.663. The first-order valence-electron chi connectivity index (χ1n) is 47.7. The number of H-pyrrole nitrogens is 3. The first-order chi connectivity index (χ1) is 64.1. The molecule has 0 spiro atoms. The van der Waals surface area contributed by atoms with Crippen LogP contribution in [-0.2, 0) is 92.8 Å². The Morgan fingerprint density at radius 1 is 0.378 bits per heavy atom. The molecule has 12 atom stereocenters. The Bertz CT molecular complexity index is 4320. The number of amides is 8. The predicted octanol–water partition coefficient (Wildman–Crippen LogP) is 4.44. The Labute approximate surface area is 794 Å². The fourth-order valence-electron chi connectivity index (χ4n) is 15.6. The molecule has 40 nitrogen and oxygen atoms in total. The predicted molar refractivity (Wildman–Crippen MR) is 515 cm³/mol. The number of unbranched alkanes of at least 4 members (excludes halogenated alkanes) is 12. The van der Waals surface area contributed by atoms with Gasteiger partial charge in [-0.2, -0.15) is 0 Å². The summed E-state index contributed by atoms with van der Waals surface area (Å²) in [7, 11) is 1.52. The molecule has 27 N–H and O–H groups in total. The van der Waals surface area contributed by atoms with Crippen molar-refractivity contribution in [2.75, 3.05) is 39.9 Å². The first kappa shape index (κ1) is 117. The number of benzene rings is 1. The number of guanidine groups is 3. The van der Waals surface area contributed by atoms with E-state index in [1.165, 1.54) is 89.3 Å². The van der Waals surface area contributed by atoms with Crippen molar-refractivity contribution in [3.05, 3.63) is 84.5 Å². The number of nitrogens with zero attached hydrogens (tertiary/aromatic N) is 6. The highest BCUT2D eigenvalue weighted by atomic mass is 16.3. The summed E-state index contributed by atoms with van der Waals surface area (Å²) in [5.41, 5.74) is 41.4. The molecule has 0 aliphatic heterocycles. The molecule has 3 heterocycles. The van der Waals surface area contributed by atoms with E-state index >= 15 is 0 Å². The number of rotatable bonds is 72. The number of nitrogens with one attached hydrogen (secondary N) is 10. The van der Waals surface area contributed by atoms with Crippen LogP contribution in [0.1, 0.15) is 265 Å². The van der Waals surface area contributed by atoms with Crippen molar-refractivity contribution in [2.24, 2.45) is 114 Å². The average molecular weight is 1890 g/mol. The van der Waals surface area contributed by atoms with Gasteiger partial charge in [-0.15, -0.1) is 0 Å². The number of carbonyl (C=O) groups is 14. The van der Waals surface area contributed by atoms with Crippen molar-refractivity contribution in [1.82, 2.24) is 67.1 Å². The molecule has 4 aromatic rings. The molecule has 135 heavy (non-hydrogen) atoms. The minimum absolute atomic E-state index is 0.00989. The van der Waals surface area contributed by atoms with Gasteiger partial charge < -0.3 is 108 Å².